The van der Waals surface area contributed by atoms with E-state index < -0.39 is 0 Å². The number of nitrogens with one attached hydrogen (secondary N) is 1. The molecule has 1 unspecified atom stereocenters. The van der Waals surface area contributed by atoms with E-state index in [9.17, 15) is 0 Å². The Hall–Kier alpha value is -1.31. The van der Waals surface area contributed by atoms with Gasteiger partial charge in [-0.3, -0.25) is 10.00 Å². The Bertz CT molecular complexity index is 370. The van der Waals surface area contributed by atoms with Crippen LogP contribution in [0.3, 0.4) is 0 Å². The summed E-state index contributed by atoms with van der Waals surface area (Å²) in [6.45, 7) is 5.08. The maximum absolute atomic E-state index is 5.72. The maximum Gasteiger partial charge on any atom is 0.0581 e. The Morgan fingerprint density at radius 1 is 1.67 bits per heavy atom. The predicted octanol–water partition coefficient (Wildman–Crippen LogP) is 0.341. The van der Waals surface area contributed by atoms with Crippen molar-refractivity contribution in [3.63, 3.8) is 0 Å². The fraction of sp³-hybridized carbons (Fsp3) is 0.545. The van der Waals surface area contributed by atoms with Crippen molar-refractivity contribution in [3.8, 4) is 11.8 Å². The lowest BCUT2D eigenvalue weighted by molar-refractivity contribution is 0.577. The fourth-order valence-corrected chi connectivity index (χ4v) is 1.44. The van der Waals surface area contributed by atoms with Gasteiger partial charge >= 0.3 is 0 Å². The van der Waals surface area contributed by atoms with E-state index in [2.05, 4.69) is 22.3 Å². The zero-order valence-electron chi connectivity index (χ0n) is 9.54. The first-order valence-corrected chi connectivity index (χ1v) is 5.02. The molecule has 82 valence electrons. The van der Waals surface area contributed by atoms with Gasteiger partial charge in [0.2, 0.25) is 0 Å². The summed E-state index contributed by atoms with van der Waals surface area (Å²) in [6.07, 6.45) is 1.86. The highest BCUT2D eigenvalue weighted by Gasteiger charge is 2.13. The third-order valence-corrected chi connectivity index (χ3v) is 2.50. The van der Waals surface area contributed by atoms with Crippen LogP contribution in [-0.2, 0) is 7.05 Å². The molecule has 4 nitrogen and oxygen atoms in total. The van der Waals surface area contributed by atoms with E-state index in [-0.39, 0.29) is 6.04 Å². The molecule has 1 aromatic heterocycles. The first-order valence-electron chi connectivity index (χ1n) is 5.02. The standard InChI is InChI=1S/C11H18N4/c1-4-5-6-13-11(7-12)10-8-14-15(3)9(10)2/h8,11,13H,6-7,12H2,1-3H3. The van der Waals surface area contributed by atoms with Crippen LogP contribution in [0, 0.1) is 18.8 Å². The average molecular weight is 206 g/mol. The molecular formula is C11H18N4. The Kier molecular flexibility index (Phi) is 4.35. The van der Waals surface area contributed by atoms with Gasteiger partial charge in [0.1, 0.15) is 0 Å². The molecule has 0 amide bonds. The average Bonchev–Trinajstić information content (AvgIpc) is 2.56. The highest BCUT2D eigenvalue weighted by atomic mass is 15.3. The molecule has 0 bridgehead atoms. The summed E-state index contributed by atoms with van der Waals surface area (Å²) >= 11 is 0. The zero-order chi connectivity index (χ0) is 11.3. The third kappa shape index (κ3) is 2.82. The molecule has 3 N–H and O–H groups in total. The summed E-state index contributed by atoms with van der Waals surface area (Å²) in [5.74, 6) is 5.81. The van der Waals surface area contributed by atoms with Crippen LogP contribution in [0.25, 0.3) is 0 Å². The summed E-state index contributed by atoms with van der Waals surface area (Å²) in [4.78, 5) is 0. The van der Waals surface area contributed by atoms with Crippen molar-refractivity contribution in [2.75, 3.05) is 13.1 Å². The Labute approximate surface area is 90.8 Å². The third-order valence-electron chi connectivity index (χ3n) is 2.50. The second-order valence-electron chi connectivity index (χ2n) is 3.40. The van der Waals surface area contributed by atoms with E-state index in [0.717, 1.165) is 11.3 Å². The van der Waals surface area contributed by atoms with E-state index in [1.54, 1.807) is 0 Å². The van der Waals surface area contributed by atoms with Gasteiger partial charge in [0.25, 0.3) is 0 Å². The molecule has 0 saturated heterocycles. The van der Waals surface area contributed by atoms with Gasteiger partial charge in [-0.15, -0.1) is 5.92 Å². The molecule has 0 spiro atoms. The molecule has 0 aromatic carbocycles. The van der Waals surface area contributed by atoms with Crippen LogP contribution >= 0.6 is 0 Å². The van der Waals surface area contributed by atoms with Crippen LogP contribution < -0.4 is 11.1 Å². The van der Waals surface area contributed by atoms with Crippen molar-refractivity contribution in [3.05, 3.63) is 17.5 Å². The first-order chi connectivity index (χ1) is 7.20. The van der Waals surface area contributed by atoms with Gasteiger partial charge in [0, 0.05) is 30.9 Å². The molecule has 0 aliphatic heterocycles. The summed E-state index contributed by atoms with van der Waals surface area (Å²) in [7, 11) is 1.93. The smallest absolute Gasteiger partial charge is 0.0581 e. The van der Waals surface area contributed by atoms with E-state index in [1.807, 2.05) is 31.8 Å². The minimum absolute atomic E-state index is 0.138. The van der Waals surface area contributed by atoms with E-state index in [0.29, 0.717) is 13.1 Å². The molecule has 0 radical (unpaired) electrons. The van der Waals surface area contributed by atoms with Gasteiger partial charge in [-0.25, -0.2) is 0 Å². The molecule has 1 rings (SSSR count). The predicted molar refractivity (Wildman–Crippen MR) is 61.2 cm³/mol. The number of rotatable bonds is 4. The van der Waals surface area contributed by atoms with E-state index >= 15 is 0 Å². The SMILES string of the molecule is CC#CCNC(CN)c1cnn(C)c1C. The minimum atomic E-state index is 0.138. The van der Waals surface area contributed by atoms with E-state index in [1.165, 1.54) is 0 Å². The molecule has 0 aliphatic rings. The molecule has 0 aliphatic carbocycles. The number of aryl methyl sites for hydroxylation is 1. The number of hydrogen-bond acceptors (Lipinski definition) is 3. The van der Waals surface area contributed by atoms with Crippen LogP contribution in [0.15, 0.2) is 6.20 Å². The Morgan fingerprint density at radius 2 is 2.40 bits per heavy atom. The van der Waals surface area contributed by atoms with Crippen molar-refractivity contribution < 1.29 is 0 Å². The first kappa shape index (κ1) is 11.8. The monoisotopic (exact) mass is 206 g/mol. The maximum atomic E-state index is 5.72. The lowest BCUT2D eigenvalue weighted by Gasteiger charge is -2.14. The quantitative estimate of drug-likeness (QED) is 0.699. The second kappa shape index (κ2) is 5.54. The molecule has 15 heavy (non-hydrogen) atoms. The number of nitrogens with two attached hydrogens (primary N) is 1. The zero-order valence-corrected chi connectivity index (χ0v) is 9.54. The lowest BCUT2D eigenvalue weighted by Crippen LogP contribution is -2.28. The van der Waals surface area contributed by atoms with Crippen molar-refractivity contribution in [2.45, 2.75) is 19.9 Å². The van der Waals surface area contributed by atoms with Crippen LogP contribution in [0.5, 0.6) is 0 Å². The highest BCUT2D eigenvalue weighted by molar-refractivity contribution is 5.21. The normalized spacial score (nSPS) is 12.0. The molecule has 1 atom stereocenters. The summed E-state index contributed by atoms with van der Waals surface area (Å²) in [5.41, 5.74) is 8.01. The lowest BCUT2D eigenvalue weighted by atomic mass is 10.1. The number of nitrogens with zero attached hydrogens (tertiary/aromatic N) is 2. The molecule has 1 heterocycles. The van der Waals surface area contributed by atoms with Crippen molar-refractivity contribution in [2.24, 2.45) is 12.8 Å². The van der Waals surface area contributed by atoms with Crippen molar-refractivity contribution in [1.82, 2.24) is 15.1 Å². The number of aromatic nitrogens is 2. The van der Waals surface area contributed by atoms with Crippen LogP contribution in [0.4, 0.5) is 0 Å². The largest absolute Gasteiger partial charge is 0.329 e. The van der Waals surface area contributed by atoms with Crippen LogP contribution in [0.1, 0.15) is 24.2 Å². The van der Waals surface area contributed by atoms with Crippen molar-refractivity contribution >= 4 is 0 Å². The molecule has 1 aromatic rings. The molecule has 4 heteroatoms. The van der Waals surface area contributed by atoms with Gasteiger partial charge in [0.15, 0.2) is 0 Å². The van der Waals surface area contributed by atoms with Gasteiger partial charge in [-0.1, -0.05) is 5.92 Å². The molecular weight excluding hydrogens is 188 g/mol. The Morgan fingerprint density at radius 3 is 2.87 bits per heavy atom. The summed E-state index contributed by atoms with van der Waals surface area (Å²) in [5, 5.41) is 7.49. The van der Waals surface area contributed by atoms with Crippen LogP contribution in [-0.4, -0.2) is 22.9 Å². The molecule has 0 fully saturated rings. The van der Waals surface area contributed by atoms with Gasteiger partial charge in [0.05, 0.1) is 12.7 Å². The topological polar surface area (TPSA) is 55.9 Å². The van der Waals surface area contributed by atoms with E-state index in [4.69, 9.17) is 5.73 Å². The highest BCUT2D eigenvalue weighted by Crippen LogP contribution is 2.14. The van der Waals surface area contributed by atoms with Gasteiger partial charge in [-0.05, 0) is 13.8 Å². The van der Waals surface area contributed by atoms with Gasteiger partial charge < -0.3 is 5.73 Å². The number of hydrogen-bond donors (Lipinski definition) is 2. The fourth-order valence-electron chi connectivity index (χ4n) is 1.44. The van der Waals surface area contributed by atoms with Crippen LogP contribution in [0.2, 0.25) is 0 Å². The van der Waals surface area contributed by atoms with Crippen molar-refractivity contribution in [1.29, 1.82) is 0 Å². The second-order valence-corrected chi connectivity index (χ2v) is 3.40. The minimum Gasteiger partial charge on any atom is -0.329 e. The summed E-state index contributed by atoms with van der Waals surface area (Å²) < 4.78 is 1.85. The van der Waals surface area contributed by atoms with Gasteiger partial charge in [-0.2, -0.15) is 5.10 Å². The molecule has 0 saturated carbocycles. The Balaban J connectivity index is 2.72. The summed E-state index contributed by atoms with van der Waals surface area (Å²) in [6, 6.07) is 0.138.